The first-order valence-electron chi connectivity index (χ1n) is 7.34. The van der Waals surface area contributed by atoms with Crippen molar-refractivity contribution in [1.82, 2.24) is 9.88 Å². The average molecular weight is 306 g/mol. The molecule has 1 aliphatic heterocycles. The molecule has 1 saturated heterocycles. The van der Waals surface area contributed by atoms with Gasteiger partial charge in [-0.15, -0.1) is 0 Å². The van der Waals surface area contributed by atoms with Crippen LogP contribution in [0.25, 0.3) is 10.9 Å². The highest BCUT2D eigenvalue weighted by molar-refractivity contribution is 6.35. The van der Waals surface area contributed by atoms with Crippen LogP contribution < -0.4 is 5.32 Å². The molecule has 0 amide bonds. The van der Waals surface area contributed by atoms with E-state index >= 15 is 0 Å². The highest BCUT2D eigenvalue weighted by atomic mass is 35.5. The number of pyridine rings is 1. The molecule has 1 aliphatic rings. The molecule has 2 aromatic rings. The number of nitrogens with one attached hydrogen (secondary N) is 1. The van der Waals surface area contributed by atoms with Crippen molar-refractivity contribution in [2.45, 2.75) is 13.0 Å². The van der Waals surface area contributed by atoms with E-state index in [1.54, 1.807) is 0 Å². The van der Waals surface area contributed by atoms with Gasteiger partial charge in [0.1, 0.15) is 5.82 Å². The Labute approximate surface area is 130 Å². The van der Waals surface area contributed by atoms with Crippen LogP contribution >= 0.6 is 11.6 Å². The van der Waals surface area contributed by atoms with Gasteiger partial charge in [-0.1, -0.05) is 23.7 Å². The highest BCUT2D eigenvalue weighted by Gasteiger charge is 2.14. The third-order valence-corrected chi connectivity index (χ3v) is 4.01. The Morgan fingerprint density at radius 3 is 2.90 bits per heavy atom. The molecule has 5 heteroatoms. The smallest absolute Gasteiger partial charge is 0.126 e. The zero-order valence-electron chi connectivity index (χ0n) is 12.2. The van der Waals surface area contributed by atoms with E-state index in [4.69, 9.17) is 16.3 Å². The predicted octanol–water partition coefficient (Wildman–Crippen LogP) is 3.02. The Morgan fingerprint density at radius 2 is 2.10 bits per heavy atom. The number of ether oxygens (including phenoxy) is 1. The number of halogens is 1. The molecule has 0 aliphatic carbocycles. The van der Waals surface area contributed by atoms with Gasteiger partial charge in [-0.05, 0) is 25.1 Å². The second-order valence-corrected chi connectivity index (χ2v) is 5.87. The summed E-state index contributed by atoms with van der Waals surface area (Å²) in [5.74, 6) is 0.872. The number of anilines is 1. The van der Waals surface area contributed by atoms with E-state index in [9.17, 15) is 0 Å². The van der Waals surface area contributed by atoms with Crippen LogP contribution in [0, 0.1) is 0 Å². The molecule has 1 atom stereocenters. The van der Waals surface area contributed by atoms with Crippen LogP contribution in [-0.2, 0) is 4.74 Å². The van der Waals surface area contributed by atoms with Crippen LogP contribution in [-0.4, -0.2) is 48.8 Å². The number of rotatable bonds is 4. The second kappa shape index (κ2) is 6.60. The second-order valence-electron chi connectivity index (χ2n) is 5.47. The fourth-order valence-corrected chi connectivity index (χ4v) is 2.88. The number of hydrogen-bond acceptors (Lipinski definition) is 4. The minimum atomic E-state index is 0.329. The molecule has 0 unspecified atom stereocenters. The van der Waals surface area contributed by atoms with E-state index in [0.29, 0.717) is 11.1 Å². The Hall–Kier alpha value is -1.36. The van der Waals surface area contributed by atoms with Gasteiger partial charge in [-0.2, -0.15) is 0 Å². The van der Waals surface area contributed by atoms with Crippen molar-refractivity contribution in [2.24, 2.45) is 0 Å². The number of aromatic nitrogens is 1. The number of nitrogens with zero attached hydrogens (tertiary/aromatic N) is 2. The van der Waals surface area contributed by atoms with Crippen molar-refractivity contribution in [3.63, 3.8) is 0 Å². The van der Waals surface area contributed by atoms with Crippen molar-refractivity contribution < 1.29 is 4.74 Å². The topological polar surface area (TPSA) is 37.4 Å². The Kier molecular flexibility index (Phi) is 4.58. The lowest BCUT2D eigenvalue weighted by atomic mass is 10.2. The van der Waals surface area contributed by atoms with Gasteiger partial charge in [-0.25, -0.2) is 4.98 Å². The first-order valence-corrected chi connectivity index (χ1v) is 7.72. The van der Waals surface area contributed by atoms with E-state index in [2.05, 4.69) is 28.2 Å². The first kappa shape index (κ1) is 14.6. The molecule has 2 heterocycles. The van der Waals surface area contributed by atoms with E-state index in [1.165, 1.54) is 0 Å². The third kappa shape index (κ3) is 3.64. The number of para-hydroxylation sites is 1. The van der Waals surface area contributed by atoms with Gasteiger partial charge in [0, 0.05) is 31.1 Å². The zero-order valence-corrected chi connectivity index (χ0v) is 12.9. The lowest BCUT2D eigenvalue weighted by Gasteiger charge is -2.29. The summed E-state index contributed by atoms with van der Waals surface area (Å²) in [6.45, 7) is 6.83. The maximum Gasteiger partial charge on any atom is 0.126 e. The molecule has 112 valence electrons. The van der Waals surface area contributed by atoms with Crippen molar-refractivity contribution in [3.05, 3.63) is 35.4 Å². The quantitative estimate of drug-likeness (QED) is 0.942. The molecule has 1 fully saturated rings. The van der Waals surface area contributed by atoms with Gasteiger partial charge >= 0.3 is 0 Å². The highest BCUT2D eigenvalue weighted by Crippen LogP contribution is 2.23. The van der Waals surface area contributed by atoms with E-state index in [1.807, 2.05) is 24.3 Å². The van der Waals surface area contributed by atoms with Crippen LogP contribution in [0.15, 0.2) is 30.3 Å². The van der Waals surface area contributed by atoms with E-state index in [0.717, 1.165) is 49.6 Å². The van der Waals surface area contributed by atoms with Crippen molar-refractivity contribution >= 4 is 28.3 Å². The van der Waals surface area contributed by atoms with Gasteiger partial charge < -0.3 is 10.1 Å². The summed E-state index contributed by atoms with van der Waals surface area (Å²) in [4.78, 5) is 7.03. The summed E-state index contributed by atoms with van der Waals surface area (Å²) in [6, 6.07) is 10.2. The Bertz CT molecular complexity index is 613. The average Bonchev–Trinajstić information content (AvgIpc) is 2.49. The molecule has 1 N–H and O–H groups in total. The zero-order chi connectivity index (χ0) is 14.7. The molecular formula is C16H20ClN3O. The number of morpholine rings is 1. The van der Waals surface area contributed by atoms with Crippen molar-refractivity contribution in [2.75, 3.05) is 38.2 Å². The summed E-state index contributed by atoms with van der Waals surface area (Å²) >= 11 is 6.21. The number of benzene rings is 1. The SMILES string of the molecule is C[C@@H](CN1CCOCC1)Nc1ccc2cccc(Cl)c2n1. The molecule has 1 aromatic heterocycles. The van der Waals surface area contributed by atoms with Crippen LogP contribution in [0.1, 0.15) is 6.92 Å². The molecule has 21 heavy (non-hydrogen) atoms. The Morgan fingerprint density at radius 1 is 1.29 bits per heavy atom. The predicted molar refractivity (Wildman–Crippen MR) is 87.1 cm³/mol. The van der Waals surface area contributed by atoms with Gasteiger partial charge in [-0.3, -0.25) is 4.90 Å². The maximum absolute atomic E-state index is 6.21. The summed E-state index contributed by atoms with van der Waals surface area (Å²) in [7, 11) is 0. The van der Waals surface area contributed by atoms with E-state index in [-0.39, 0.29) is 0 Å². The van der Waals surface area contributed by atoms with Crippen molar-refractivity contribution in [3.8, 4) is 0 Å². The first-order chi connectivity index (χ1) is 10.2. The van der Waals surface area contributed by atoms with Gasteiger partial charge in [0.25, 0.3) is 0 Å². The normalized spacial score (nSPS) is 17.8. The summed E-state index contributed by atoms with van der Waals surface area (Å²) in [6.07, 6.45) is 0. The molecule has 0 radical (unpaired) electrons. The Balaban J connectivity index is 1.67. The molecule has 3 rings (SSSR count). The molecule has 1 aromatic carbocycles. The molecule has 0 saturated carbocycles. The largest absolute Gasteiger partial charge is 0.379 e. The summed E-state index contributed by atoms with van der Waals surface area (Å²) in [5.41, 5.74) is 0.850. The molecule has 0 spiro atoms. The lowest BCUT2D eigenvalue weighted by Crippen LogP contribution is -2.42. The molecular weight excluding hydrogens is 286 g/mol. The van der Waals surface area contributed by atoms with Crippen LogP contribution in [0.5, 0.6) is 0 Å². The standard InChI is InChI=1S/C16H20ClN3O/c1-12(11-20-7-9-21-10-8-20)18-15-6-5-13-3-2-4-14(17)16(13)19-15/h2-6,12H,7-11H2,1H3,(H,18,19)/t12-/m0/s1. The summed E-state index contributed by atoms with van der Waals surface area (Å²) in [5, 5.41) is 5.21. The van der Waals surface area contributed by atoms with Crippen LogP contribution in [0.2, 0.25) is 5.02 Å². The van der Waals surface area contributed by atoms with Crippen LogP contribution in [0.3, 0.4) is 0 Å². The van der Waals surface area contributed by atoms with E-state index < -0.39 is 0 Å². The molecule has 0 bridgehead atoms. The van der Waals surface area contributed by atoms with Crippen molar-refractivity contribution in [1.29, 1.82) is 0 Å². The maximum atomic E-state index is 6.21. The minimum absolute atomic E-state index is 0.329. The van der Waals surface area contributed by atoms with Crippen LogP contribution in [0.4, 0.5) is 5.82 Å². The fraction of sp³-hybridized carbons (Fsp3) is 0.438. The third-order valence-electron chi connectivity index (χ3n) is 3.70. The number of hydrogen-bond donors (Lipinski definition) is 1. The fourth-order valence-electron chi connectivity index (χ4n) is 2.66. The van der Waals surface area contributed by atoms with Gasteiger partial charge in [0.15, 0.2) is 0 Å². The van der Waals surface area contributed by atoms with Gasteiger partial charge in [0.05, 0.1) is 23.8 Å². The minimum Gasteiger partial charge on any atom is -0.379 e. The molecule has 4 nitrogen and oxygen atoms in total. The number of fused-ring (bicyclic) bond motifs is 1. The van der Waals surface area contributed by atoms with Gasteiger partial charge in [0.2, 0.25) is 0 Å². The summed E-state index contributed by atoms with van der Waals surface area (Å²) < 4.78 is 5.37. The lowest BCUT2D eigenvalue weighted by molar-refractivity contribution is 0.0368. The monoisotopic (exact) mass is 305 g/mol.